The summed E-state index contributed by atoms with van der Waals surface area (Å²) in [6, 6.07) is 7.55. The SMILES string of the molecule is Cc1ccc(S(=O)(=O)NCc2ccco2)cc1C(=O)N(C)CC(C)C(=O)O. The number of carbonyl (C=O) groups excluding carboxylic acids is 1. The summed E-state index contributed by atoms with van der Waals surface area (Å²) in [7, 11) is -2.36. The number of aryl methyl sites for hydroxylation is 1. The van der Waals surface area contributed by atoms with E-state index in [4.69, 9.17) is 9.52 Å². The van der Waals surface area contributed by atoms with Crippen LogP contribution in [0.15, 0.2) is 45.9 Å². The number of aliphatic carboxylic acids is 1. The van der Waals surface area contributed by atoms with Gasteiger partial charge in [-0.2, -0.15) is 0 Å². The average Bonchev–Trinajstić information content (AvgIpc) is 3.13. The molecule has 0 fully saturated rings. The van der Waals surface area contributed by atoms with E-state index in [1.54, 1.807) is 25.1 Å². The second kappa shape index (κ2) is 8.36. The lowest BCUT2D eigenvalue weighted by molar-refractivity contribution is -0.141. The third-order valence-corrected chi connectivity index (χ3v) is 5.48. The van der Waals surface area contributed by atoms with E-state index >= 15 is 0 Å². The number of hydrogen-bond acceptors (Lipinski definition) is 5. The van der Waals surface area contributed by atoms with Crippen molar-refractivity contribution in [3.05, 3.63) is 53.5 Å². The predicted molar refractivity (Wildman–Crippen MR) is 97.7 cm³/mol. The molecule has 0 aliphatic rings. The summed E-state index contributed by atoms with van der Waals surface area (Å²) in [6.45, 7) is 3.19. The van der Waals surface area contributed by atoms with Gasteiger partial charge in [0.2, 0.25) is 10.0 Å². The van der Waals surface area contributed by atoms with Crippen molar-refractivity contribution in [3.8, 4) is 0 Å². The van der Waals surface area contributed by atoms with Gasteiger partial charge in [0, 0.05) is 19.2 Å². The molecule has 0 aliphatic carbocycles. The molecule has 0 saturated carbocycles. The maximum absolute atomic E-state index is 12.7. The molecule has 0 aliphatic heterocycles. The van der Waals surface area contributed by atoms with Crippen molar-refractivity contribution < 1.29 is 27.5 Å². The van der Waals surface area contributed by atoms with Gasteiger partial charge in [-0.15, -0.1) is 0 Å². The number of carboxylic acid groups (broad SMARTS) is 1. The van der Waals surface area contributed by atoms with Crippen LogP contribution in [0.25, 0.3) is 0 Å². The Morgan fingerprint density at radius 1 is 1.30 bits per heavy atom. The van der Waals surface area contributed by atoms with E-state index < -0.39 is 27.8 Å². The van der Waals surface area contributed by atoms with Gasteiger partial charge in [0.1, 0.15) is 5.76 Å². The number of amides is 1. The molecule has 0 saturated heterocycles. The maximum atomic E-state index is 12.7. The lowest BCUT2D eigenvalue weighted by Gasteiger charge is -2.21. The molecule has 1 unspecified atom stereocenters. The van der Waals surface area contributed by atoms with E-state index in [0.717, 1.165) is 0 Å². The molecule has 1 heterocycles. The number of benzene rings is 1. The minimum Gasteiger partial charge on any atom is -0.481 e. The van der Waals surface area contributed by atoms with Crippen LogP contribution in [0.3, 0.4) is 0 Å². The number of furan rings is 1. The number of nitrogens with one attached hydrogen (secondary N) is 1. The fourth-order valence-corrected chi connectivity index (χ4v) is 3.46. The Kier molecular flexibility index (Phi) is 6.40. The summed E-state index contributed by atoms with van der Waals surface area (Å²) in [5.41, 5.74) is 0.802. The van der Waals surface area contributed by atoms with Gasteiger partial charge in [-0.3, -0.25) is 9.59 Å². The first-order chi connectivity index (χ1) is 12.6. The van der Waals surface area contributed by atoms with Gasteiger partial charge in [0.25, 0.3) is 5.91 Å². The van der Waals surface area contributed by atoms with Crippen LogP contribution in [0.1, 0.15) is 28.6 Å². The number of hydrogen-bond donors (Lipinski definition) is 2. The van der Waals surface area contributed by atoms with E-state index in [2.05, 4.69) is 4.72 Å². The fraction of sp³-hybridized carbons (Fsp3) is 0.333. The minimum atomic E-state index is -3.85. The summed E-state index contributed by atoms with van der Waals surface area (Å²) in [5, 5.41) is 8.99. The number of carbonyl (C=O) groups is 2. The fourth-order valence-electron chi connectivity index (χ4n) is 2.44. The van der Waals surface area contributed by atoms with Crippen molar-refractivity contribution in [3.63, 3.8) is 0 Å². The van der Waals surface area contributed by atoms with E-state index in [-0.39, 0.29) is 23.5 Å². The van der Waals surface area contributed by atoms with E-state index in [1.165, 1.54) is 37.3 Å². The van der Waals surface area contributed by atoms with Gasteiger partial charge in [0.05, 0.1) is 23.6 Å². The van der Waals surface area contributed by atoms with Crippen molar-refractivity contribution >= 4 is 21.9 Å². The van der Waals surface area contributed by atoms with Crippen LogP contribution >= 0.6 is 0 Å². The van der Waals surface area contributed by atoms with Crippen LogP contribution in [0.5, 0.6) is 0 Å². The molecular weight excluding hydrogens is 372 g/mol. The molecule has 2 aromatic rings. The zero-order valence-corrected chi connectivity index (χ0v) is 16.1. The summed E-state index contributed by atoms with van der Waals surface area (Å²) in [5.74, 6) is -1.72. The Morgan fingerprint density at radius 3 is 2.59 bits per heavy atom. The first-order valence-electron chi connectivity index (χ1n) is 8.23. The molecule has 0 spiro atoms. The van der Waals surface area contributed by atoms with Crippen molar-refractivity contribution in [2.24, 2.45) is 5.92 Å². The standard InChI is InChI=1S/C18H22N2O6S/c1-12-6-7-15(27(24,25)19-10-14-5-4-8-26-14)9-16(12)17(21)20(3)11-13(2)18(22)23/h4-9,13,19H,10-11H2,1-3H3,(H,22,23). The summed E-state index contributed by atoms with van der Waals surface area (Å²) < 4.78 is 32.5. The molecule has 1 atom stereocenters. The van der Waals surface area contributed by atoms with Gasteiger partial charge in [-0.25, -0.2) is 13.1 Å². The highest BCUT2D eigenvalue weighted by atomic mass is 32.2. The Balaban J connectivity index is 2.21. The summed E-state index contributed by atoms with van der Waals surface area (Å²) in [6.07, 6.45) is 1.44. The van der Waals surface area contributed by atoms with Gasteiger partial charge in [-0.05, 0) is 36.8 Å². The van der Waals surface area contributed by atoms with Crippen LogP contribution in [-0.4, -0.2) is 43.9 Å². The van der Waals surface area contributed by atoms with Gasteiger partial charge in [0.15, 0.2) is 0 Å². The lowest BCUT2D eigenvalue weighted by atomic mass is 10.1. The van der Waals surface area contributed by atoms with Crippen LogP contribution < -0.4 is 4.72 Å². The highest BCUT2D eigenvalue weighted by Gasteiger charge is 2.22. The quantitative estimate of drug-likeness (QED) is 0.706. The normalized spacial score (nSPS) is 12.6. The highest BCUT2D eigenvalue weighted by molar-refractivity contribution is 7.89. The Bertz CT molecular complexity index is 921. The molecule has 0 bridgehead atoms. The van der Waals surface area contributed by atoms with Crippen molar-refractivity contribution in [1.82, 2.24) is 9.62 Å². The van der Waals surface area contributed by atoms with Crippen LogP contribution in [0, 0.1) is 12.8 Å². The van der Waals surface area contributed by atoms with Gasteiger partial charge in [-0.1, -0.05) is 13.0 Å². The zero-order chi connectivity index (χ0) is 20.2. The summed E-state index contributed by atoms with van der Waals surface area (Å²) >= 11 is 0. The molecule has 1 aromatic carbocycles. The van der Waals surface area contributed by atoms with Crippen LogP contribution in [0.2, 0.25) is 0 Å². The molecule has 146 valence electrons. The molecule has 9 heteroatoms. The monoisotopic (exact) mass is 394 g/mol. The van der Waals surface area contributed by atoms with Crippen molar-refractivity contribution in [2.45, 2.75) is 25.3 Å². The largest absolute Gasteiger partial charge is 0.481 e. The third kappa shape index (κ3) is 5.18. The average molecular weight is 394 g/mol. The topological polar surface area (TPSA) is 117 Å². The van der Waals surface area contributed by atoms with Crippen molar-refractivity contribution in [1.29, 1.82) is 0 Å². The smallest absolute Gasteiger partial charge is 0.308 e. The predicted octanol–water partition coefficient (Wildman–Crippen LogP) is 1.86. The zero-order valence-electron chi connectivity index (χ0n) is 15.3. The first kappa shape index (κ1) is 20.7. The molecule has 1 aromatic heterocycles. The second-order valence-corrected chi connectivity index (χ2v) is 8.07. The van der Waals surface area contributed by atoms with E-state index in [9.17, 15) is 18.0 Å². The number of sulfonamides is 1. The summed E-state index contributed by atoms with van der Waals surface area (Å²) in [4.78, 5) is 24.9. The Morgan fingerprint density at radius 2 is 2.00 bits per heavy atom. The first-order valence-corrected chi connectivity index (χ1v) is 9.71. The second-order valence-electron chi connectivity index (χ2n) is 6.31. The van der Waals surface area contributed by atoms with Crippen LogP contribution in [-0.2, 0) is 21.4 Å². The molecule has 0 radical (unpaired) electrons. The molecule has 27 heavy (non-hydrogen) atoms. The molecule has 2 N–H and O–H groups in total. The molecule has 8 nitrogen and oxygen atoms in total. The molecule has 1 amide bonds. The molecule has 2 rings (SSSR count). The van der Waals surface area contributed by atoms with E-state index in [0.29, 0.717) is 11.3 Å². The Labute approximate surface area is 157 Å². The third-order valence-electron chi connectivity index (χ3n) is 4.08. The maximum Gasteiger partial charge on any atom is 0.308 e. The van der Waals surface area contributed by atoms with E-state index in [1.807, 2.05) is 0 Å². The highest BCUT2D eigenvalue weighted by Crippen LogP contribution is 2.18. The molecular formula is C18H22N2O6S. The number of rotatable bonds is 8. The number of nitrogens with zero attached hydrogens (tertiary/aromatic N) is 1. The van der Waals surface area contributed by atoms with Crippen LogP contribution in [0.4, 0.5) is 0 Å². The number of carboxylic acids is 1. The Hall–Kier alpha value is -2.65. The van der Waals surface area contributed by atoms with Gasteiger partial charge < -0.3 is 14.4 Å². The van der Waals surface area contributed by atoms with Crippen molar-refractivity contribution in [2.75, 3.05) is 13.6 Å². The lowest BCUT2D eigenvalue weighted by Crippen LogP contribution is -2.34. The minimum absolute atomic E-state index is 0.0114. The van der Waals surface area contributed by atoms with Gasteiger partial charge >= 0.3 is 5.97 Å².